The van der Waals surface area contributed by atoms with E-state index >= 15 is 0 Å². The fraction of sp³-hybridized carbons (Fsp3) is 0. The van der Waals surface area contributed by atoms with Gasteiger partial charge in [0.1, 0.15) is 0 Å². The van der Waals surface area contributed by atoms with Crippen LogP contribution in [0.25, 0.3) is 78.9 Å². The minimum absolute atomic E-state index is 0.791. The van der Waals surface area contributed by atoms with Crippen molar-refractivity contribution in [2.45, 2.75) is 0 Å². The molecule has 4 heterocycles. The van der Waals surface area contributed by atoms with Crippen molar-refractivity contribution in [3.63, 3.8) is 0 Å². The standard InChI is InChI=1S/C43H29N5/c1-4-14-31(15-5-1)40-41(32-16-6-2-7-17-32)48-43(42(47-40)33-18-8-3-9-19-33)34-24-22-30(23-25-34)35-28-38(36-20-10-12-26-44-36)46-39(29-35)37-21-11-13-27-45-37/h1-29H. The van der Waals surface area contributed by atoms with Crippen molar-refractivity contribution in [2.75, 3.05) is 0 Å². The van der Waals surface area contributed by atoms with E-state index in [-0.39, 0.29) is 0 Å². The number of aromatic nitrogens is 5. The molecule has 0 N–H and O–H groups in total. The quantitative estimate of drug-likeness (QED) is 0.178. The van der Waals surface area contributed by atoms with Gasteiger partial charge in [0.2, 0.25) is 0 Å². The third kappa shape index (κ3) is 5.88. The summed E-state index contributed by atoms with van der Waals surface area (Å²) in [6, 6.07) is 55.3. The maximum Gasteiger partial charge on any atom is 0.0973 e. The van der Waals surface area contributed by atoms with Crippen LogP contribution in [0.4, 0.5) is 0 Å². The molecule has 0 bridgehead atoms. The van der Waals surface area contributed by atoms with Crippen LogP contribution in [0.2, 0.25) is 0 Å². The fourth-order valence-corrected chi connectivity index (χ4v) is 5.84. The van der Waals surface area contributed by atoms with E-state index in [0.717, 1.165) is 78.9 Å². The van der Waals surface area contributed by atoms with Crippen molar-refractivity contribution in [3.05, 3.63) is 176 Å². The molecule has 0 saturated carbocycles. The van der Waals surface area contributed by atoms with Gasteiger partial charge in [-0.1, -0.05) is 127 Å². The van der Waals surface area contributed by atoms with E-state index in [2.05, 4.69) is 82.8 Å². The number of nitrogens with zero attached hydrogens (tertiary/aromatic N) is 5. The lowest BCUT2D eigenvalue weighted by Gasteiger charge is -2.16. The minimum atomic E-state index is 0.791. The Balaban J connectivity index is 1.28. The Bertz CT molecular complexity index is 2240. The van der Waals surface area contributed by atoms with Gasteiger partial charge in [-0.15, -0.1) is 0 Å². The molecule has 4 aromatic heterocycles. The highest BCUT2D eigenvalue weighted by molar-refractivity contribution is 5.87. The average molecular weight is 616 g/mol. The molecule has 0 saturated heterocycles. The zero-order valence-corrected chi connectivity index (χ0v) is 26.0. The molecule has 0 unspecified atom stereocenters. The molecule has 226 valence electrons. The second-order valence-electron chi connectivity index (χ2n) is 11.3. The van der Waals surface area contributed by atoms with Gasteiger partial charge in [-0.05, 0) is 47.5 Å². The zero-order valence-electron chi connectivity index (χ0n) is 26.0. The second-order valence-corrected chi connectivity index (χ2v) is 11.3. The van der Waals surface area contributed by atoms with E-state index in [0.29, 0.717) is 0 Å². The number of hydrogen-bond donors (Lipinski definition) is 0. The van der Waals surface area contributed by atoms with E-state index in [9.17, 15) is 0 Å². The van der Waals surface area contributed by atoms with E-state index < -0.39 is 0 Å². The third-order valence-corrected chi connectivity index (χ3v) is 8.21. The van der Waals surface area contributed by atoms with Crippen molar-refractivity contribution < 1.29 is 0 Å². The van der Waals surface area contributed by atoms with Crippen molar-refractivity contribution in [1.82, 2.24) is 24.9 Å². The molecule has 0 radical (unpaired) electrons. The van der Waals surface area contributed by atoms with Crippen molar-refractivity contribution in [3.8, 4) is 78.9 Å². The minimum Gasteiger partial charge on any atom is -0.255 e. The number of pyridine rings is 3. The molecule has 0 amide bonds. The summed E-state index contributed by atoms with van der Waals surface area (Å²) in [6.07, 6.45) is 3.58. The van der Waals surface area contributed by atoms with Crippen molar-refractivity contribution >= 4 is 0 Å². The highest BCUT2D eigenvalue weighted by Crippen LogP contribution is 2.38. The molecule has 0 fully saturated rings. The highest BCUT2D eigenvalue weighted by atomic mass is 14.9. The largest absolute Gasteiger partial charge is 0.255 e. The summed E-state index contributed by atoms with van der Waals surface area (Å²) >= 11 is 0. The molecule has 8 aromatic rings. The molecular formula is C43H29N5. The summed E-state index contributed by atoms with van der Waals surface area (Å²) in [6.45, 7) is 0. The monoisotopic (exact) mass is 615 g/mol. The van der Waals surface area contributed by atoms with Gasteiger partial charge in [0.25, 0.3) is 0 Å². The molecule has 5 nitrogen and oxygen atoms in total. The van der Waals surface area contributed by atoms with E-state index in [1.54, 1.807) is 12.4 Å². The molecule has 0 aliphatic rings. The van der Waals surface area contributed by atoms with Gasteiger partial charge in [0.05, 0.1) is 45.6 Å². The van der Waals surface area contributed by atoms with Crippen LogP contribution >= 0.6 is 0 Å². The van der Waals surface area contributed by atoms with Gasteiger partial charge in [-0.25, -0.2) is 15.0 Å². The molecular weight excluding hydrogens is 587 g/mol. The molecule has 0 aliphatic heterocycles. The fourth-order valence-electron chi connectivity index (χ4n) is 5.84. The van der Waals surface area contributed by atoms with Crippen LogP contribution in [0.15, 0.2) is 176 Å². The van der Waals surface area contributed by atoms with Gasteiger partial charge >= 0.3 is 0 Å². The molecule has 4 aromatic carbocycles. The molecule has 48 heavy (non-hydrogen) atoms. The summed E-state index contributed by atoms with van der Waals surface area (Å²) in [7, 11) is 0. The first-order chi connectivity index (χ1) is 23.8. The second kappa shape index (κ2) is 13.0. The number of benzene rings is 4. The first-order valence-corrected chi connectivity index (χ1v) is 15.8. The summed E-state index contributed by atoms with van der Waals surface area (Å²) < 4.78 is 0. The maximum atomic E-state index is 5.39. The van der Waals surface area contributed by atoms with Crippen molar-refractivity contribution in [1.29, 1.82) is 0 Å². The predicted molar refractivity (Wildman–Crippen MR) is 193 cm³/mol. The SMILES string of the molecule is c1ccc(-c2nc(-c3ccccc3)c(-c3ccc(-c4cc(-c5ccccn5)nc(-c5ccccn5)c4)cc3)nc2-c2ccccc2)cc1. The molecule has 0 atom stereocenters. The summed E-state index contributed by atoms with van der Waals surface area (Å²) in [4.78, 5) is 24.8. The maximum absolute atomic E-state index is 5.39. The Labute approximate surface area is 279 Å². The predicted octanol–water partition coefficient (Wildman–Crippen LogP) is 10.3. The normalized spacial score (nSPS) is 10.9. The van der Waals surface area contributed by atoms with Gasteiger partial charge < -0.3 is 0 Å². The van der Waals surface area contributed by atoms with Crippen LogP contribution in [0.1, 0.15) is 0 Å². The van der Waals surface area contributed by atoms with Crippen LogP contribution < -0.4 is 0 Å². The van der Waals surface area contributed by atoms with Crippen LogP contribution in [-0.2, 0) is 0 Å². The van der Waals surface area contributed by atoms with E-state index in [4.69, 9.17) is 15.0 Å². The van der Waals surface area contributed by atoms with Gasteiger partial charge in [0.15, 0.2) is 0 Å². The third-order valence-electron chi connectivity index (χ3n) is 8.21. The lowest BCUT2D eigenvalue weighted by molar-refractivity contribution is 1.21. The summed E-state index contributed by atoms with van der Waals surface area (Å²) in [5.74, 6) is 0. The first-order valence-electron chi connectivity index (χ1n) is 15.8. The lowest BCUT2D eigenvalue weighted by atomic mass is 9.97. The van der Waals surface area contributed by atoms with E-state index in [1.165, 1.54) is 0 Å². The smallest absolute Gasteiger partial charge is 0.0973 e. The van der Waals surface area contributed by atoms with Crippen molar-refractivity contribution in [2.24, 2.45) is 0 Å². The summed E-state index contributed by atoms with van der Waals surface area (Å²) in [5, 5.41) is 0. The molecule has 0 aliphatic carbocycles. The number of rotatable bonds is 7. The van der Waals surface area contributed by atoms with Crippen LogP contribution in [-0.4, -0.2) is 24.9 Å². The van der Waals surface area contributed by atoms with Gasteiger partial charge in [-0.2, -0.15) is 0 Å². The van der Waals surface area contributed by atoms with Crippen LogP contribution in [0, 0.1) is 0 Å². The highest BCUT2D eigenvalue weighted by Gasteiger charge is 2.19. The van der Waals surface area contributed by atoms with Crippen LogP contribution in [0.3, 0.4) is 0 Å². The summed E-state index contributed by atoms with van der Waals surface area (Å²) in [5.41, 5.74) is 12.6. The Hall–Kier alpha value is -6.59. The zero-order chi connectivity index (χ0) is 32.1. The molecule has 0 spiro atoms. The lowest BCUT2D eigenvalue weighted by Crippen LogP contribution is -2.00. The average Bonchev–Trinajstić information content (AvgIpc) is 3.19. The topological polar surface area (TPSA) is 64.5 Å². The Kier molecular flexibility index (Phi) is 7.83. The van der Waals surface area contributed by atoms with E-state index in [1.807, 2.05) is 91.0 Å². The van der Waals surface area contributed by atoms with Gasteiger partial charge in [0, 0.05) is 34.6 Å². The first kappa shape index (κ1) is 28.9. The number of hydrogen-bond acceptors (Lipinski definition) is 5. The van der Waals surface area contributed by atoms with Crippen LogP contribution in [0.5, 0.6) is 0 Å². The Morgan fingerprint density at radius 1 is 0.250 bits per heavy atom. The molecule has 8 rings (SSSR count). The Morgan fingerprint density at radius 3 is 0.979 bits per heavy atom. The van der Waals surface area contributed by atoms with Gasteiger partial charge in [-0.3, -0.25) is 9.97 Å². The Morgan fingerprint density at radius 2 is 0.604 bits per heavy atom. The molecule has 5 heteroatoms.